The van der Waals surface area contributed by atoms with Gasteiger partial charge in [0.15, 0.2) is 11.5 Å². The number of nitrogens with zero attached hydrogens (tertiary/aromatic N) is 2. The standard InChI is InChI=1S/C22H21BrN2O3/c1-27-18-10-6-7-15(21(18)28-16-8-2-3-9-16)12-13-17-20(23)22(26)25-14-5-4-11-19(25)24-17/h4-7,10-14,16H,2-3,8-9H2,1H3. The first-order valence-corrected chi connectivity index (χ1v) is 10.2. The molecule has 1 aromatic carbocycles. The Morgan fingerprint density at radius 2 is 1.96 bits per heavy atom. The van der Waals surface area contributed by atoms with Gasteiger partial charge in [-0.15, -0.1) is 0 Å². The van der Waals surface area contributed by atoms with E-state index in [9.17, 15) is 4.79 Å². The van der Waals surface area contributed by atoms with Crippen molar-refractivity contribution < 1.29 is 9.47 Å². The van der Waals surface area contributed by atoms with Crippen molar-refractivity contribution in [1.29, 1.82) is 0 Å². The van der Waals surface area contributed by atoms with Crippen LogP contribution in [-0.4, -0.2) is 22.6 Å². The Bertz CT molecular complexity index is 1080. The van der Waals surface area contributed by atoms with Crippen LogP contribution in [-0.2, 0) is 0 Å². The van der Waals surface area contributed by atoms with Gasteiger partial charge in [0.25, 0.3) is 5.56 Å². The zero-order chi connectivity index (χ0) is 19.5. The van der Waals surface area contributed by atoms with Crippen LogP contribution in [0.3, 0.4) is 0 Å². The van der Waals surface area contributed by atoms with Crippen LogP contribution in [0, 0.1) is 0 Å². The molecule has 6 heteroatoms. The summed E-state index contributed by atoms with van der Waals surface area (Å²) in [6.45, 7) is 0. The molecule has 1 aliphatic rings. The van der Waals surface area contributed by atoms with Gasteiger partial charge in [0.05, 0.1) is 18.9 Å². The molecule has 0 amide bonds. The molecule has 0 aliphatic heterocycles. The van der Waals surface area contributed by atoms with Crippen molar-refractivity contribution in [3.05, 3.63) is 68.7 Å². The molecular weight excluding hydrogens is 420 g/mol. The van der Waals surface area contributed by atoms with Crippen molar-refractivity contribution in [3.8, 4) is 11.5 Å². The highest BCUT2D eigenvalue weighted by atomic mass is 79.9. The van der Waals surface area contributed by atoms with E-state index in [0.717, 1.165) is 24.2 Å². The highest BCUT2D eigenvalue weighted by Crippen LogP contribution is 2.35. The number of halogens is 1. The molecule has 0 unspecified atom stereocenters. The van der Waals surface area contributed by atoms with Crippen molar-refractivity contribution in [1.82, 2.24) is 9.38 Å². The summed E-state index contributed by atoms with van der Waals surface area (Å²) < 4.78 is 13.7. The van der Waals surface area contributed by atoms with Gasteiger partial charge in [-0.05, 0) is 72.0 Å². The molecule has 0 bridgehead atoms. The summed E-state index contributed by atoms with van der Waals surface area (Å²) in [5.74, 6) is 1.45. The number of fused-ring (bicyclic) bond motifs is 1. The van der Waals surface area contributed by atoms with Crippen molar-refractivity contribution in [2.24, 2.45) is 0 Å². The number of rotatable bonds is 5. The number of aromatic nitrogens is 2. The third-order valence-electron chi connectivity index (χ3n) is 4.94. The molecule has 0 saturated heterocycles. The lowest BCUT2D eigenvalue weighted by Gasteiger charge is -2.18. The number of benzene rings is 1. The summed E-state index contributed by atoms with van der Waals surface area (Å²) in [5, 5.41) is 0. The monoisotopic (exact) mass is 440 g/mol. The van der Waals surface area contributed by atoms with Gasteiger partial charge in [-0.1, -0.05) is 18.2 Å². The fourth-order valence-corrected chi connectivity index (χ4v) is 3.90. The van der Waals surface area contributed by atoms with Gasteiger partial charge in [0.2, 0.25) is 0 Å². The highest BCUT2D eigenvalue weighted by molar-refractivity contribution is 9.10. The Morgan fingerprint density at radius 3 is 2.75 bits per heavy atom. The van der Waals surface area contributed by atoms with E-state index in [1.54, 1.807) is 19.4 Å². The smallest absolute Gasteiger partial charge is 0.272 e. The third kappa shape index (κ3) is 3.69. The van der Waals surface area contributed by atoms with Crippen LogP contribution in [0.1, 0.15) is 36.9 Å². The zero-order valence-corrected chi connectivity index (χ0v) is 17.2. The van der Waals surface area contributed by atoms with E-state index in [0.29, 0.717) is 21.6 Å². The van der Waals surface area contributed by atoms with Gasteiger partial charge in [0.1, 0.15) is 10.1 Å². The third-order valence-corrected chi connectivity index (χ3v) is 5.69. The van der Waals surface area contributed by atoms with E-state index in [-0.39, 0.29) is 11.7 Å². The molecule has 3 aromatic rings. The Kier molecular flexibility index (Phi) is 5.48. The van der Waals surface area contributed by atoms with E-state index in [1.165, 1.54) is 17.2 Å². The number of methoxy groups -OCH3 is 1. The lowest BCUT2D eigenvalue weighted by atomic mass is 10.1. The molecule has 1 saturated carbocycles. The lowest BCUT2D eigenvalue weighted by molar-refractivity contribution is 0.200. The SMILES string of the molecule is COc1cccc(C=Cc2nc3ccccn3c(=O)c2Br)c1OC1CCCC1. The predicted octanol–water partition coefficient (Wildman–Crippen LogP) is 4.96. The molecule has 2 heterocycles. The summed E-state index contributed by atoms with van der Waals surface area (Å²) >= 11 is 3.39. The second-order valence-electron chi connectivity index (χ2n) is 6.78. The average molecular weight is 441 g/mol. The van der Waals surface area contributed by atoms with Crippen molar-refractivity contribution >= 4 is 33.7 Å². The van der Waals surface area contributed by atoms with Gasteiger partial charge in [-0.3, -0.25) is 9.20 Å². The van der Waals surface area contributed by atoms with Gasteiger partial charge in [-0.25, -0.2) is 4.98 Å². The maximum absolute atomic E-state index is 12.6. The van der Waals surface area contributed by atoms with Crippen molar-refractivity contribution in [2.45, 2.75) is 31.8 Å². The summed E-state index contributed by atoms with van der Waals surface area (Å²) in [6, 6.07) is 11.3. The minimum absolute atomic E-state index is 0.140. The van der Waals surface area contributed by atoms with Crippen LogP contribution in [0.25, 0.3) is 17.8 Å². The maximum atomic E-state index is 12.6. The van der Waals surface area contributed by atoms with Gasteiger partial charge < -0.3 is 9.47 Å². The molecule has 0 spiro atoms. The van der Waals surface area contributed by atoms with E-state index in [2.05, 4.69) is 20.9 Å². The Morgan fingerprint density at radius 1 is 1.14 bits per heavy atom. The number of hydrogen-bond acceptors (Lipinski definition) is 4. The number of para-hydroxylation sites is 1. The second-order valence-corrected chi connectivity index (χ2v) is 7.57. The molecule has 28 heavy (non-hydrogen) atoms. The molecular formula is C22H21BrN2O3. The first-order chi connectivity index (χ1) is 13.7. The molecule has 1 fully saturated rings. The predicted molar refractivity (Wildman–Crippen MR) is 114 cm³/mol. The van der Waals surface area contributed by atoms with E-state index < -0.39 is 0 Å². The Hall–Kier alpha value is -2.60. The fourth-order valence-electron chi connectivity index (χ4n) is 3.49. The lowest BCUT2D eigenvalue weighted by Crippen LogP contribution is -2.16. The molecule has 0 radical (unpaired) electrons. The van der Waals surface area contributed by atoms with Gasteiger partial charge >= 0.3 is 0 Å². The van der Waals surface area contributed by atoms with Crippen LogP contribution in [0.15, 0.2) is 51.9 Å². The molecule has 0 N–H and O–H groups in total. The first kappa shape index (κ1) is 18.7. The molecule has 0 atom stereocenters. The normalized spacial score (nSPS) is 14.8. The van der Waals surface area contributed by atoms with E-state index >= 15 is 0 Å². The van der Waals surface area contributed by atoms with E-state index in [4.69, 9.17) is 9.47 Å². The molecule has 4 rings (SSSR count). The summed E-state index contributed by atoms with van der Waals surface area (Å²) in [6.07, 6.45) is 10.2. The van der Waals surface area contributed by atoms with Crippen LogP contribution < -0.4 is 15.0 Å². The highest BCUT2D eigenvalue weighted by Gasteiger charge is 2.20. The minimum atomic E-state index is -0.140. The maximum Gasteiger partial charge on any atom is 0.272 e. The number of hydrogen-bond donors (Lipinski definition) is 0. The first-order valence-electron chi connectivity index (χ1n) is 9.36. The summed E-state index contributed by atoms with van der Waals surface area (Å²) in [4.78, 5) is 17.1. The topological polar surface area (TPSA) is 52.8 Å². The molecule has 144 valence electrons. The summed E-state index contributed by atoms with van der Waals surface area (Å²) in [7, 11) is 1.65. The molecule has 2 aromatic heterocycles. The summed E-state index contributed by atoms with van der Waals surface area (Å²) in [5.41, 5.74) is 1.93. The number of ether oxygens (including phenoxy) is 2. The minimum Gasteiger partial charge on any atom is -0.493 e. The zero-order valence-electron chi connectivity index (χ0n) is 15.6. The van der Waals surface area contributed by atoms with Crippen LogP contribution >= 0.6 is 15.9 Å². The Labute approximate surface area is 171 Å². The second kappa shape index (κ2) is 8.19. The van der Waals surface area contributed by atoms with Crippen molar-refractivity contribution in [3.63, 3.8) is 0 Å². The van der Waals surface area contributed by atoms with Gasteiger partial charge in [-0.2, -0.15) is 0 Å². The van der Waals surface area contributed by atoms with Crippen LogP contribution in [0.4, 0.5) is 0 Å². The average Bonchev–Trinajstić information content (AvgIpc) is 3.23. The number of pyridine rings is 1. The van der Waals surface area contributed by atoms with E-state index in [1.807, 2.05) is 42.5 Å². The van der Waals surface area contributed by atoms with Gasteiger partial charge in [0, 0.05) is 11.8 Å². The van der Waals surface area contributed by atoms with Crippen LogP contribution in [0.2, 0.25) is 0 Å². The van der Waals surface area contributed by atoms with Crippen molar-refractivity contribution in [2.75, 3.05) is 7.11 Å². The molecule has 1 aliphatic carbocycles. The molecule has 5 nitrogen and oxygen atoms in total. The van der Waals surface area contributed by atoms with Crippen LogP contribution in [0.5, 0.6) is 11.5 Å². The fraction of sp³-hybridized carbons (Fsp3) is 0.273. The quantitative estimate of drug-likeness (QED) is 0.562. The largest absolute Gasteiger partial charge is 0.493 e. The Balaban J connectivity index is 1.73.